The van der Waals surface area contributed by atoms with E-state index < -0.39 is 0 Å². The number of aromatic nitrogens is 2. The average Bonchev–Trinajstić information content (AvgIpc) is 2.68. The molecule has 0 aliphatic rings. The summed E-state index contributed by atoms with van der Waals surface area (Å²) in [7, 11) is 2.17. The first-order valence-electron chi connectivity index (χ1n) is 6.89. The van der Waals surface area contributed by atoms with Crippen LogP contribution in [-0.2, 0) is 6.54 Å². The van der Waals surface area contributed by atoms with Gasteiger partial charge in [0.25, 0.3) is 0 Å². The lowest BCUT2D eigenvalue weighted by molar-refractivity contribution is 0.266. The zero-order chi connectivity index (χ0) is 14.0. The number of aromatic amines is 1. The first-order valence-corrected chi connectivity index (χ1v) is 7.30. The van der Waals surface area contributed by atoms with E-state index >= 15 is 0 Å². The van der Waals surface area contributed by atoms with Gasteiger partial charge in [-0.1, -0.05) is 12.1 Å². The van der Waals surface area contributed by atoms with Crippen molar-refractivity contribution in [1.29, 1.82) is 0 Å². The van der Waals surface area contributed by atoms with Crippen LogP contribution in [0.2, 0.25) is 0 Å². The summed E-state index contributed by atoms with van der Waals surface area (Å²) < 4.78 is 3.04. The maximum atomic E-state index is 5.44. The number of nitrogens with one attached hydrogen (secondary N) is 1. The molecule has 1 aromatic carbocycles. The number of H-pyrrole nitrogens is 1. The van der Waals surface area contributed by atoms with Gasteiger partial charge < -0.3 is 14.5 Å². The quantitative estimate of drug-likeness (QED) is 0.842. The van der Waals surface area contributed by atoms with Crippen molar-refractivity contribution in [2.24, 2.45) is 0 Å². The molecule has 0 amide bonds. The van der Waals surface area contributed by atoms with Crippen LogP contribution in [0.3, 0.4) is 0 Å². The number of imidazole rings is 1. The molecule has 3 nitrogen and oxygen atoms in total. The van der Waals surface area contributed by atoms with E-state index in [1.165, 1.54) is 16.6 Å². The van der Waals surface area contributed by atoms with E-state index in [4.69, 9.17) is 12.2 Å². The molecule has 0 radical (unpaired) electrons. The Hall–Kier alpha value is -1.13. The lowest BCUT2D eigenvalue weighted by Gasteiger charge is -2.20. The van der Waals surface area contributed by atoms with Gasteiger partial charge >= 0.3 is 0 Å². The van der Waals surface area contributed by atoms with Crippen LogP contribution in [0.5, 0.6) is 0 Å². The van der Waals surface area contributed by atoms with Crippen molar-refractivity contribution in [1.82, 2.24) is 14.5 Å². The predicted octanol–water partition coefficient (Wildman–Crippen LogP) is 3.74. The molecule has 0 aliphatic heterocycles. The van der Waals surface area contributed by atoms with Crippen molar-refractivity contribution in [2.75, 3.05) is 13.6 Å². The van der Waals surface area contributed by atoms with Gasteiger partial charge in [-0.15, -0.1) is 0 Å². The lowest BCUT2D eigenvalue weighted by atomic mass is 10.2. The fourth-order valence-corrected chi connectivity index (χ4v) is 2.57. The van der Waals surface area contributed by atoms with E-state index in [1.807, 2.05) is 0 Å². The number of benzene rings is 1. The van der Waals surface area contributed by atoms with Crippen LogP contribution in [0.1, 0.15) is 25.8 Å². The molecule has 19 heavy (non-hydrogen) atoms. The second-order valence-corrected chi connectivity index (χ2v) is 5.87. The summed E-state index contributed by atoms with van der Waals surface area (Å²) in [6.07, 6.45) is 1.11. The standard InChI is InChI=1S/C15H23N3S/c1-11(2)17(4)9-6-10-18-13-8-5-7-12(3)14(13)16-15(18)19/h5,7-8,11H,6,9-10H2,1-4H3,(H,16,19). The molecule has 0 unspecified atom stereocenters. The largest absolute Gasteiger partial charge is 0.330 e. The minimum Gasteiger partial charge on any atom is -0.330 e. The summed E-state index contributed by atoms with van der Waals surface area (Å²) >= 11 is 5.44. The van der Waals surface area contributed by atoms with Crippen LogP contribution in [0.15, 0.2) is 18.2 Å². The summed E-state index contributed by atoms with van der Waals surface area (Å²) in [5.41, 5.74) is 3.64. The number of hydrogen-bond donors (Lipinski definition) is 1. The Bertz CT molecular complexity index is 609. The van der Waals surface area contributed by atoms with Crippen molar-refractivity contribution in [3.8, 4) is 0 Å². The van der Waals surface area contributed by atoms with Gasteiger partial charge in [-0.05, 0) is 64.6 Å². The highest BCUT2D eigenvalue weighted by Gasteiger charge is 2.07. The van der Waals surface area contributed by atoms with Crippen molar-refractivity contribution in [3.63, 3.8) is 0 Å². The molecular weight excluding hydrogens is 254 g/mol. The number of hydrogen-bond acceptors (Lipinski definition) is 2. The Morgan fingerprint density at radius 3 is 2.79 bits per heavy atom. The molecular formula is C15H23N3S. The molecule has 1 N–H and O–H groups in total. The third-order valence-corrected chi connectivity index (χ3v) is 4.12. The van der Waals surface area contributed by atoms with Crippen LogP contribution in [0.4, 0.5) is 0 Å². The highest BCUT2D eigenvalue weighted by atomic mass is 32.1. The number of aryl methyl sites for hydroxylation is 2. The Balaban J connectivity index is 2.15. The molecule has 104 valence electrons. The topological polar surface area (TPSA) is 24.0 Å². The van der Waals surface area contributed by atoms with Gasteiger partial charge in [0.1, 0.15) is 0 Å². The SMILES string of the molecule is Cc1cccc2c1[nH]c(=S)n2CCCN(C)C(C)C. The second kappa shape index (κ2) is 5.88. The monoisotopic (exact) mass is 277 g/mol. The van der Waals surface area contributed by atoms with E-state index in [-0.39, 0.29) is 0 Å². The molecule has 0 saturated carbocycles. The highest BCUT2D eigenvalue weighted by molar-refractivity contribution is 7.71. The molecule has 4 heteroatoms. The van der Waals surface area contributed by atoms with Crippen LogP contribution in [0, 0.1) is 11.7 Å². The fourth-order valence-electron chi connectivity index (χ4n) is 2.28. The second-order valence-electron chi connectivity index (χ2n) is 5.48. The maximum Gasteiger partial charge on any atom is 0.178 e. The maximum absolute atomic E-state index is 5.44. The molecule has 0 bridgehead atoms. The summed E-state index contributed by atoms with van der Waals surface area (Å²) in [6, 6.07) is 6.95. The van der Waals surface area contributed by atoms with Gasteiger partial charge in [0.05, 0.1) is 11.0 Å². The van der Waals surface area contributed by atoms with Gasteiger partial charge in [-0.25, -0.2) is 0 Å². The number of para-hydroxylation sites is 1. The van der Waals surface area contributed by atoms with E-state index in [1.54, 1.807) is 0 Å². The van der Waals surface area contributed by atoms with Crippen molar-refractivity contribution in [3.05, 3.63) is 28.5 Å². The average molecular weight is 277 g/mol. The van der Waals surface area contributed by atoms with Crippen molar-refractivity contribution in [2.45, 2.75) is 39.8 Å². The van der Waals surface area contributed by atoms with E-state index in [0.29, 0.717) is 6.04 Å². The Kier molecular flexibility index (Phi) is 4.42. The van der Waals surface area contributed by atoms with Crippen molar-refractivity contribution < 1.29 is 0 Å². The Morgan fingerprint density at radius 1 is 1.37 bits per heavy atom. The summed E-state index contributed by atoms with van der Waals surface area (Å²) in [6.45, 7) is 8.63. The summed E-state index contributed by atoms with van der Waals surface area (Å²) in [4.78, 5) is 5.69. The molecule has 0 atom stereocenters. The van der Waals surface area contributed by atoms with E-state index in [9.17, 15) is 0 Å². The minimum absolute atomic E-state index is 0.596. The minimum atomic E-state index is 0.596. The van der Waals surface area contributed by atoms with Gasteiger partial charge in [0, 0.05) is 12.6 Å². The zero-order valence-corrected chi connectivity index (χ0v) is 13.0. The molecule has 1 heterocycles. The molecule has 0 aliphatic carbocycles. The summed E-state index contributed by atoms with van der Waals surface area (Å²) in [5, 5.41) is 0. The molecule has 0 saturated heterocycles. The van der Waals surface area contributed by atoms with Gasteiger partial charge in [0.2, 0.25) is 0 Å². The molecule has 1 aromatic heterocycles. The molecule has 2 rings (SSSR count). The zero-order valence-electron chi connectivity index (χ0n) is 12.2. The van der Waals surface area contributed by atoms with E-state index in [2.05, 4.69) is 60.5 Å². The Labute approximate surface area is 120 Å². The van der Waals surface area contributed by atoms with Crippen LogP contribution in [0.25, 0.3) is 11.0 Å². The Morgan fingerprint density at radius 2 is 2.11 bits per heavy atom. The van der Waals surface area contributed by atoms with E-state index in [0.717, 1.165) is 24.3 Å². The highest BCUT2D eigenvalue weighted by Crippen LogP contribution is 2.18. The van der Waals surface area contributed by atoms with Crippen LogP contribution < -0.4 is 0 Å². The number of nitrogens with zero attached hydrogens (tertiary/aromatic N) is 2. The van der Waals surface area contributed by atoms with Gasteiger partial charge in [0.15, 0.2) is 4.77 Å². The summed E-state index contributed by atoms with van der Waals surface area (Å²) in [5.74, 6) is 0. The number of fused-ring (bicyclic) bond motifs is 1. The molecule has 2 aromatic rings. The molecule has 0 fully saturated rings. The van der Waals surface area contributed by atoms with Crippen molar-refractivity contribution >= 4 is 23.3 Å². The lowest BCUT2D eigenvalue weighted by Crippen LogP contribution is -2.27. The van der Waals surface area contributed by atoms with Gasteiger partial charge in [-0.3, -0.25) is 0 Å². The van der Waals surface area contributed by atoms with Crippen LogP contribution >= 0.6 is 12.2 Å². The first-order chi connectivity index (χ1) is 9.00. The van der Waals surface area contributed by atoms with Gasteiger partial charge in [-0.2, -0.15) is 0 Å². The van der Waals surface area contributed by atoms with Crippen LogP contribution in [-0.4, -0.2) is 34.1 Å². The predicted molar refractivity (Wildman–Crippen MR) is 84.2 cm³/mol. The normalized spacial score (nSPS) is 11.9. The fraction of sp³-hybridized carbons (Fsp3) is 0.533. The number of rotatable bonds is 5. The third kappa shape index (κ3) is 3.07. The first kappa shape index (κ1) is 14.3. The smallest absolute Gasteiger partial charge is 0.178 e. The molecule has 0 spiro atoms. The third-order valence-electron chi connectivity index (χ3n) is 3.79.